The molecule has 1 aliphatic rings. The Bertz CT molecular complexity index is 108. The van der Waals surface area contributed by atoms with Crippen LogP contribution in [0.15, 0.2) is 0 Å². The Balaban J connectivity index is 2.39. The van der Waals surface area contributed by atoms with Gasteiger partial charge in [0.15, 0.2) is 0 Å². The van der Waals surface area contributed by atoms with E-state index in [0.29, 0.717) is 0 Å². The quantitative estimate of drug-likeness (QED) is 0.569. The first-order valence-corrected chi connectivity index (χ1v) is 3.92. The Morgan fingerprint density at radius 2 is 1.55 bits per heavy atom. The lowest BCUT2D eigenvalue weighted by molar-refractivity contribution is -0.356. The average Bonchev–Trinajstić information content (AvgIpc) is 2.84. The minimum atomic E-state index is -0.791. The number of ether oxygens (including phenoxy) is 3. The van der Waals surface area contributed by atoms with Crippen LogP contribution in [-0.4, -0.2) is 27.3 Å². The second-order valence-corrected chi connectivity index (χ2v) is 2.94. The highest BCUT2D eigenvalue weighted by atomic mass is 16.9. The van der Waals surface area contributed by atoms with Gasteiger partial charge < -0.3 is 14.2 Å². The van der Waals surface area contributed by atoms with Crippen LogP contribution >= 0.6 is 0 Å². The molecule has 0 aromatic heterocycles. The summed E-state index contributed by atoms with van der Waals surface area (Å²) in [5.41, 5.74) is 0. The highest BCUT2D eigenvalue weighted by Gasteiger charge is 2.37. The van der Waals surface area contributed by atoms with Crippen molar-refractivity contribution < 1.29 is 14.2 Å². The molecule has 0 N–H and O–H groups in total. The van der Waals surface area contributed by atoms with Crippen LogP contribution in [0.2, 0.25) is 0 Å². The maximum atomic E-state index is 5.14. The number of hydrogen-bond acceptors (Lipinski definition) is 3. The predicted molar refractivity (Wildman–Crippen MR) is 41.1 cm³/mol. The highest BCUT2D eigenvalue weighted by Crippen LogP contribution is 2.38. The highest BCUT2D eigenvalue weighted by molar-refractivity contribution is 4.77. The van der Waals surface area contributed by atoms with E-state index in [4.69, 9.17) is 14.2 Å². The molecular weight excluding hydrogens is 144 g/mol. The molecule has 0 heterocycles. The molecule has 3 nitrogen and oxygen atoms in total. The summed E-state index contributed by atoms with van der Waals surface area (Å²) in [4.78, 5) is 0. The van der Waals surface area contributed by atoms with Gasteiger partial charge in [-0.05, 0) is 18.8 Å². The lowest BCUT2D eigenvalue weighted by Gasteiger charge is -2.28. The van der Waals surface area contributed by atoms with Gasteiger partial charge >= 0.3 is 0 Å². The summed E-state index contributed by atoms with van der Waals surface area (Å²) in [7, 11) is 4.82. The molecule has 0 aromatic rings. The van der Waals surface area contributed by atoms with Crippen molar-refractivity contribution in [2.45, 2.75) is 25.2 Å². The third-order valence-corrected chi connectivity index (χ3v) is 2.17. The van der Waals surface area contributed by atoms with Crippen LogP contribution in [0.3, 0.4) is 0 Å². The standard InChI is InChI=1S/C8H16O3/c1-9-8(10-2,11-3)6-7-4-5-7/h7H,4-6H2,1-3H3. The largest absolute Gasteiger partial charge is 0.331 e. The van der Waals surface area contributed by atoms with Gasteiger partial charge in [0.2, 0.25) is 0 Å². The van der Waals surface area contributed by atoms with Crippen molar-refractivity contribution >= 4 is 0 Å². The lowest BCUT2D eigenvalue weighted by Crippen LogP contribution is -2.36. The molecule has 0 atom stereocenters. The molecule has 1 aliphatic carbocycles. The van der Waals surface area contributed by atoms with Crippen molar-refractivity contribution in [1.82, 2.24) is 0 Å². The summed E-state index contributed by atoms with van der Waals surface area (Å²) < 4.78 is 15.4. The lowest BCUT2D eigenvalue weighted by atomic mass is 10.2. The van der Waals surface area contributed by atoms with E-state index in [-0.39, 0.29) is 0 Å². The first-order valence-electron chi connectivity index (χ1n) is 3.92. The van der Waals surface area contributed by atoms with Gasteiger partial charge in [0.25, 0.3) is 5.97 Å². The summed E-state index contributed by atoms with van der Waals surface area (Å²) >= 11 is 0. The molecule has 1 rings (SSSR count). The van der Waals surface area contributed by atoms with Crippen molar-refractivity contribution in [2.24, 2.45) is 5.92 Å². The predicted octanol–water partition coefficient (Wildman–Crippen LogP) is 1.38. The van der Waals surface area contributed by atoms with E-state index in [0.717, 1.165) is 12.3 Å². The Labute approximate surface area is 67.6 Å². The van der Waals surface area contributed by atoms with E-state index >= 15 is 0 Å². The van der Waals surface area contributed by atoms with Crippen LogP contribution in [-0.2, 0) is 14.2 Å². The van der Waals surface area contributed by atoms with E-state index in [9.17, 15) is 0 Å². The second kappa shape index (κ2) is 3.52. The molecule has 11 heavy (non-hydrogen) atoms. The molecule has 1 fully saturated rings. The summed E-state index contributed by atoms with van der Waals surface area (Å²) in [6, 6.07) is 0. The topological polar surface area (TPSA) is 27.7 Å². The SMILES string of the molecule is COC(CC1CC1)(OC)OC. The Kier molecular flexibility index (Phi) is 2.87. The smallest absolute Gasteiger partial charge is 0.282 e. The number of methoxy groups -OCH3 is 3. The zero-order valence-corrected chi connectivity index (χ0v) is 7.42. The van der Waals surface area contributed by atoms with Gasteiger partial charge in [0, 0.05) is 27.8 Å². The van der Waals surface area contributed by atoms with E-state index in [1.54, 1.807) is 21.3 Å². The van der Waals surface area contributed by atoms with Crippen LogP contribution in [0, 0.1) is 5.92 Å². The molecule has 0 saturated heterocycles. The van der Waals surface area contributed by atoms with Crippen molar-refractivity contribution in [2.75, 3.05) is 21.3 Å². The van der Waals surface area contributed by atoms with E-state index in [1.807, 2.05) is 0 Å². The summed E-state index contributed by atoms with van der Waals surface area (Å²) in [5, 5.41) is 0. The molecular formula is C8H16O3. The van der Waals surface area contributed by atoms with Crippen LogP contribution in [0.5, 0.6) is 0 Å². The molecule has 0 aliphatic heterocycles. The fourth-order valence-electron chi connectivity index (χ4n) is 1.18. The maximum absolute atomic E-state index is 5.14. The molecule has 3 heteroatoms. The van der Waals surface area contributed by atoms with Crippen LogP contribution in [0.25, 0.3) is 0 Å². The van der Waals surface area contributed by atoms with Crippen LogP contribution < -0.4 is 0 Å². The van der Waals surface area contributed by atoms with Crippen molar-refractivity contribution in [3.63, 3.8) is 0 Å². The molecule has 0 spiro atoms. The normalized spacial score (nSPS) is 18.8. The fourth-order valence-corrected chi connectivity index (χ4v) is 1.18. The van der Waals surface area contributed by atoms with Gasteiger partial charge in [-0.1, -0.05) is 0 Å². The molecule has 0 aromatic carbocycles. The third kappa shape index (κ3) is 2.15. The zero-order valence-electron chi connectivity index (χ0n) is 7.42. The summed E-state index contributed by atoms with van der Waals surface area (Å²) in [6.07, 6.45) is 3.39. The summed E-state index contributed by atoms with van der Waals surface area (Å²) in [5.74, 6) is -0.0592. The van der Waals surface area contributed by atoms with E-state index in [1.165, 1.54) is 12.8 Å². The molecule has 0 bridgehead atoms. The fraction of sp³-hybridized carbons (Fsp3) is 1.00. The molecule has 66 valence electrons. The minimum absolute atomic E-state index is 0.731. The van der Waals surface area contributed by atoms with Crippen molar-refractivity contribution in [3.05, 3.63) is 0 Å². The molecule has 0 unspecified atom stereocenters. The van der Waals surface area contributed by atoms with E-state index in [2.05, 4.69) is 0 Å². The minimum Gasteiger partial charge on any atom is -0.331 e. The van der Waals surface area contributed by atoms with Crippen molar-refractivity contribution in [1.29, 1.82) is 0 Å². The van der Waals surface area contributed by atoms with Gasteiger partial charge in [0.1, 0.15) is 0 Å². The summed E-state index contributed by atoms with van der Waals surface area (Å²) in [6.45, 7) is 0. The van der Waals surface area contributed by atoms with Gasteiger partial charge in [-0.2, -0.15) is 0 Å². The van der Waals surface area contributed by atoms with Gasteiger partial charge in [-0.3, -0.25) is 0 Å². The van der Waals surface area contributed by atoms with E-state index < -0.39 is 5.97 Å². The van der Waals surface area contributed by atoms with Crippen molar-refractivity contribution in [3.8, 4) is 0 Å². The zero-order chi connectivity index (χ0) is 8.32. The van der Waals surface area contributed by atoms with Crippen LogP contribution in [0.1, 0.15) is 19.3 Å². The second-order valence-electron chi connectivity index (χ2n) is 2.94. The van der Waals surface area contributed by atoms with Gasteiger partial charge in [0.05, 0.1) is 0 Å². The first kappa shape index (κ1) is 8.97. The van der Waals surface area contributed by atoms with Gasteiger partial charge in [-0.15, -0.1) is 0 Å². The maximum Gasteiger partial charge on any atom is 0.282 e. The van der Waals surface area contributed by atoms with Crippen LogP contribution in [0.4, 0.5) is 0 Å². The Hall–Kier alpha value is -0.120. The molecule has 0 radical (unpaired) electrons. The molecule has 1 saturated carbocycles. The van der Waals surface area contributed by atoms with Gasteiger partial charge in [-0.25, -0.2) is 0 Å². The molecule has 0 amide bonds. The Morgan fingerprint density at radius 3 is 1.82 bits per heavy atom. The third-order valence-electron chi connectivity index (χ3n) is 2.17. The number of rotatable bonds is 5. The Morgan fingerprint density at radius 1 is 1.09 bits per heavy atom. The number of hydrogen-bond donors (Lipinski definition) is 0. The first-order chi connectivity index (χ1) is 5.26. The monoisotopic (exact) mass is 160 g/mol. The average molecular weight is 160 g/mol.